The summed E-state index contributed by atoms with van der Waals surface area (Å²) >= 11 is 0. The van der Waals surface area contributed by atoms with Crippen molar-refractivity contribution in [2.75, 3.05) is 0 Å². The molecule has 8 heteroatoms. The molecule has 2 aromatic rings. The van der Waals surface area contributed by atoms with Gasteiger partial charge in [0.25, 0.3) is 11.2 Å². The molecule has 0 spiro atoms. The number of benzene rings is 1. The van der Waals surface area contributed by atoms with Crippen molar-refractivity contribution in [3.05, 3.63) is 79.1 Å². The Balaban J connectivity index is 2.19. The fraction of sp³-hybridized carbons (Fsp3) is 0.222. The van der Waals surface area contributed by atoms with E-state index in [0.29, 0.717) is 23.4 Å². The summed E-state index contributed by atoms with van der Waals surface area (Å²) in [4.78, 5) is 25.8. The maximum absolute atomic E-state index is 12.7. The van der Waals surface area contributed by atoms with Crippen molar-refractivity contribution < 1.29 is 9.66 Å². The lowest BCUT2D eigenvalue weighted by Gasteiger charge is -2.25. The van der Waals surface area contributed by atoms with Gasteiger partial charge in [-0.1, -0.05) is 25.5 Å². The predicted molar refractivity (Wildman–Crippen MR) is 93.5 cm³/mol. The van der Waals surface area contributed by atoms with E-state index >= 15 is 0 Å². The van der Waals surface area contributed by atoms with Crippen LogP contribution in [0.15, 0.2) is 46.6 Å². The smallest absolute Gasteiger partial charge is 0.269 e. The van der Waals surface area contributed by atoms with E-state index in [9.17, 15) is 20.2 Å². The maximum Gasteiger partial charge on any atom is 0.269 e. The van der Waals surface area contributed by atoms with Gasteiger partial charge >= 0.3 is 0 Å². The average Bonchev–Trinajstić information content (AvgIpc) is 2.61. The quantitative estimate of drug-likeness (QED) is 0.641. The molecule has 1 aliphatic heterocycles. The molecule has 8 nitrogen and oxygen atoms in total. The predicted octanol–water partition coefficient (Wildman–Crippen LogP) is 2.45. The number of ether oxygens (including phenoxy) is 1. The molecule has 26 heavy (non-hydrogen) atoms. The molecule has 1 unspecified atom stereocenters. The number of aromatic amines is 1. The second-order valence-corrected chi connectivity index (χ2v) is 5.93. The molecule has 3 N–H and O–H groups in total. The van der Waals surface area contributed by atoms with Crippen molar-refractivity contribution in [1.82, 2.24) is 4.98 Å². The average molecular weight is 352 g/mol. The zero-order valence-electron chi connectivity index (χ0n) is 14.0. The summed E-state index contributed by atoms with van der Waals surface area (Å²) in [7, 11) is 0. The van der Waals surface area contributed by atoms with Gasteiger partial charge < -0.3 is 15.5 Å². The minimum Gasteiger partial charge on any atom is -0.440 e. The van der Waals surface area contributed by atoms with Gasteiger partial charge in [-0.05, 0) is 12.0 Å². The van der Waals surface area contributed by atoms with Gasteiger partial charge in [-0.3, -0.25) is 14.9 Å². The number of nitro groups is 1. The van der Waals surface area contributed by atoms with Gasteiger partial charge in [0.15, 0.2) is 0 Å². The SMILES string of the molecule is CCCc1cc2c(c(=O)[nH]1)C(c1ccc([N+](=O)[O-])cc1)C(C#N)=C(N)O2. The molecular weight excluding hydrogens is 336 g/mol. The second-order valence-electron chi connectivity index (χ2n) is 5.93. The summed E-state index contributed by atoms with van der Waals surface area (Å²) in [5.74, 6) is -0.516. The fourth-order valence-corrected chi connectivity index (χ4v) is 3.06. The van der Waals surface area contributed by atoms with Crippen molar-refractivity contribution >= 4 is 5.69 Å². The number of non-ortho nitro benzene ring substituents is 1. The van der Waals surface area contributed by atoms with E-state index < -0.39 is 10.8 Å². The first-order valence-corrected chi connectivity index (χ1v) is 8.04. The molecular formula is C18H16N4O4. The Bertz CT molecular complexity index is 999. The molecule has 0 fully saturated rings. The van der Waals surface area contributed by atoms with Crippen molar-refractivity contribution in [1.29, 1.82) is 5.26 Å². The highest BCUT2D eigenvalue weighted by atomic mass is 16.6. The van der Waals surface area contributed by atoms with Crippen molar-refractivity contribution in [3.8, 4) is 11.8 Å². The summed E-state index contributed by atoms with van der Waals surface area (Å²) in [5.41, 5.74) is 7.08. The molecule has 1 atom stereocenters. The highest BCUT2D eigenvalue weighted by molar-refractivity contribution is 5.55. The Morgan fingerprint density at radius 2 is 2.08 bits per heavy atom. The Labute approximate surface area is 148 Å². The molecule has 0 saturated carbocycles. The lowest BCUT2D eigenvalue weighted by molar-refractivity contribution is -0.384. The number of aromatic nitrogens is 1. The van der Waals surface area contributed by atoms with E-state index in [1.807, 2.05) is 13.0 Å². The number of fused-ring (bicyclic) bond motifs is 1. The summed E-state index contributed by atoms with van der Waals surface area (Å²) in [5, 5.41) is 20.4. The van der Waals surface area contributed by atoms with E-state index in [0.717, 1.165) is 6.42 Å². The van der Waals surface area contributed by atoms with Gasteiger partial charge in [0, 0.05) is 23.9 Å². The topological polar surface area (TPSA) is 135 Å². The number of nitrogens with two attached hydrogens (primary N) is 1. The third kappa shape index (κ3) is 2.91. The molecule has 132 valence electrons. The minimum absolute atomic E-state index is 0.0728. The van der Waals surface area contributed by atoms with Crippen molar-refractivity contribution in [2.24, 2.45) is 5.73 Å². The summed E-state index contributed by atoms with van der Waals surface area (Å²) in [6.07, 6.45) is 1.51. The van der Waals surface area contributed by atoms with E-state index in [1.54, 1.807) is 6.07 Å². The van der Waals surface area contributed by atoms with E-state index in [1.165, 1.54) is 24.3 Å². The standard InChI is InChI=1S/C18H16N4O4/c1-2-3-11-8-14-16(18(23)21-11)15(13(9-19)17(20)26-14)10-4-6-12(7-5-10)22(24)25/h4-8,15H,2-3,20H2,1H3,(H,21,23). The highest BCUT2D eigenvalue weighted by Gasteiger charge is 2.33. The lowest BCUT2D eigenvalue weighted by Crippen LogP contribution is -2.28. The van der Waals surface area contributed by atoms with Crippen LogP contribution < -0.4 is 16.0 Å². The Morgan fingerprint density at radius 1 is 1.38 bits per heavy atom. The summed E-state index contributed by atoms with van der Waals surface area (Å²) in [6, 6.07) is 9.39. The number of aryl methyl sites for hydroxylation is 1. The fourth-order valence-electron chi connectivity index (χ4n) is 3.06. The first-order valence-electron chi connectivity index (χ1n) is 8.04. The zero-order valence-corrected chi connectivity index (χ0v) is 14.0. The van der Waals surface area contributed by atoms with E-state index in [-0.39, 0.29) is 28.3 Å². The third-order valence-corrected chi connectivity index (χ3v) is 4.23. The van der Waals surface area contributed by atoms with E-state index in [4.69, 9.17) is 10.5 Å². The molecule has 3 rings (SSSR count). The number of hydrogen-bond acceptors (Lipinski definition) is 6. The van der Waals surface area contributed by atoms with Crippen LogP contribution in [0.5, 0.6) is 5.75 Å². The van der Waals surface area contributed by atoms with Gasteiger partial charge in [-0.25, -0.2) is 0 Å². The van der Waals surface area contributed by atoms with Crippen LogP contribution in [0.1, 0.15) is 36.1 Å². The Kier molecular flexibility index (Phi) is 4.45. The van der Waals surface area contributed by atoms with E-state index in [2.05, 4.69) is 4.98 Å². The van der Waals surface area contributed by atoms with Gasteiger partial charge in [-0.15, -0.1) is 0 Å². The number of H-pyrrole nitrogens is 1. The molecule has 0 bridgehead atoms. The monoisotopic (exact) mass is 352 g/mol. The largest absolute Gasteiger partial charge is 0.440 e. The van der Waals surface area contributed by atoms with Gasteiger partial charge in [-0.2, -0.15) is 5.26 Å². The molecule has 0 amide bonds. The van der Waals surface area contributed by atoms with Crippen LogP contribution in [-0.4, -0.2) is 9.91 Å². The number of nitrogens with zero attached hydrogens (tertiary/aromatic N) is 2. The molecule has 0 saturated heterocycles. The molecule has 1 aromatic heterocycles. The molecule has 2 heterocycles. The highest BCUT2D eigenvalue weighted by Crippen LogP contribution is 2.40. The van der Waals surface area contributed by atoms with Crippen LogP contribution in [0.3, 0.4) is 0 Å². The number of pyridine rings is 1. The Morgan fingerprint density at radius 3 is 2.65 bits per heavy atom. The summed E-state index contributed by atoms with van der Waals surface area (Å²) < 4.78 is 5.52. The van der Waals surface area contributed by atoms with Crippen LogP contribution in [0.2, 0.25) is 0 Å². The number of hydrogen-bond donors (Lipinski definition) is 2. The molecule has 0 aliphatic carbocycles. The van der Waals surface area contributed by atoms with Crippen LogP contribution in [0.25, 0.3) is 0 Å². The first-order chi connectivity index (χ1) is 12.5. The maximum atomic E-state index is 12.7. The van der Waals surface area contributed by atoms with Gasteiger partial charge in [0.05, 0.1) is 16.4 Å². The first kappa shape index (κ1) is 17.2. The number of nitrogens with one attached hydrogen (secondary N) is 1. The number of rotatable bonds is 4. The molecule has 1 aromatic carbocycles. The summed E-state index contributed by atoms with van der Waals surface area (Å²) in [6.45, 7) is 1.99. The van der Waals surface area contributed by atoms with Gasteiger partial charge in [0.2, 0.25) is 5.88 Å². The Hall–Kier alpha value is -3.60. The molecule has 1 aliphatic rings. The van der Waals surface area contributed by atoms with Crippen molar-refractivity contribution in [2.45, 2.75) is 25.7 Å². The lowest BCUT2D eigenvalue weighted by atomic mass is 9.84. The van der Waals surface area contributed by atoms with Crippen molar-refractivity contribution in [3.63, 3.8) is 0 Å². The number of nitriles is 1. The minimum atomic E-state index is -0.746. The second kappa shape index (κ2) is 6.72. The van der Waals surface area contributed by atoms with Gasteiger partial charge in [0.1, 0.15) is 17.4 Å². The molecule has 0 radical (unpaired) electrons. The van der Waals surface area contributed by atoms with Crippen LogP contribution >= 0.6 is 0 Å². The zero-order chi connectivity index (χ0) is 18.8. The normalized spacial score (nSPS) is 15.8. The number of allylic oxidation sites excluding steroid dienone is 1. The number of nitro benzene ring substituents is 1. The van der Waals surface area contributed by atoms with Crippen LogP contribution in [-0.2, 0) is 6.42 Å². The third-order valence-electron chi connectivity index (χ3n) is 4.23. The van der Waals surface area contributed by atoms with Crippen LogP contribution in [0.4, 0.5) is 5.69 Å². The van der Waals surface area contributed by atoms with Crippen LogP contribution in [0, 0.1) is 21.4 Å².